The van der Waals surface area contributed by atoms with Crippen LogP contribution in [0.4, 0.5) is 0 Å². The van der Waals surface area contributed by atoms with E-state index < -0.39 is 0 Å². The Balaban J connectivity index is 1.85. The topological polar surface area (TPSA) is 41.6 Å². The van der Waals surface area contributed by atoms with Crippen LogP contribution in [0.25, 0.3) is 0 Å². The molecule has 2 aliphatic heterocycles. The molecule has 2 saturated heterocycles. The minimum absolute atomic E-state index is 0.0901. The van der Waals surface area contributed by atoms with E-state index in [4.69, 9.17) is 4.74 Å². The molecule has 4 atom stereocenters. The third-order valence-electron chi connectivity index (χ3n) is 4.57. The maximum atomic E-state index is 12.5. The quantitative estimate of drug-likeness (QED) is 0.843. The van der Waals surface area contributed by atoms with Crippen molar-refractivity contribution in [1.82, 2.24) is 10.2 Å². The molecule has 0 aromatic rings. The standard InChI is InChI=1S/C15H28N2O2/c1-4-7-16-14-5-8-17(10-11(14)2)15(18)13-6-9-19-12(13)3/h11-14,16H,4-10H2,1-3H3. The van der Waals surface area contributed by atoms with Crippen LogP contribution in [-0.2, 0) is 9.53 Å². The fourth-order valence-electron chi connectivity index (χ4n) is 3.27. The predicted octanol–water partition coefficient (Wildman–Crippen LogP) is 1.65. The summed E-state index contributed by atoms with van der Waals surface area (Å²) in [7, 11) is 0. The Morgan fingerprint density at radius 3 is 2.74 bits per heavy atom. The first kappa shape index (κ1) is 14.8. The maximum Gasteiger partial charge on any atom is 0.228 e. The molecule has 2 fully saturated rings. The lowest BCUT2D eigenvalue weighted by atomic mass is 9.91. The van der Waals surface area contributed by atoms with Crippen molar-refractivity contribution in [2.24, 2.45) is 11.8 Å². The molecule has 1 N–H and O–H groups in total. The summed E-state index contributed by atoms with van der Waals surface area (Å²) in [4.78, 5) is 14.6. The van der Waals surface area contributed by atoms with Crippen molar-refractivity contribution in [1.29, 1.82) is 0 Å². The van der Waals surface area contributed by atoms with E-state index in [2.05, 4.69) is 24.1 Å². The molecule has 4 heteroatoms. The summed E-state index contributed by atoms with van der Waals surface area (Å²) in [5.74, 6) is 0.944. The van der Waals surface area contributed by atoms with E-state index in [1.165, 1.54) is 6.42 Å². The summed E-state index contributed by atoms with van der Waals surface area (Å²) in [5.41, 5.74) is 0. The number of piperidine rings is 1. The van der Waals surface area contributed by atoms with Gasteiger partial charge in [0.25, 0.3) is 0 Å². The molecule has 0 aromatic carbocycles. The first-order valence-corrected chi connectivity index (χ1v) is 7.77. The SMILES string of the molecule is CCCNC1CCN(C(=O)C2CCOC2C)CC1C. The second-order valence-electron chi connectivity index (χ2n) is 6.08. The van der Waals surface area contributed by atoms with Crippen LogP contribution in [0.15, 0.2) is 0 Å². The van der Waals surface area contributed by atoms with Gasteiger partial charge in [0.2, 0.25) is 5.91 Å². The fraction of sp³-hybridized carbons (Fsp3) is 0.933. The number of carbonyl (C=O) groups excluding carboxylic acids is 1. The molecule has 4 nitrogen and oxygen atoms in total. The Hall–Kier alpha value is -0.610. The number of nitrogens with zero attached hydrogens (tertiary/aromatic N) is 1. The van der Waals surface area contributed by atoms with Gasteiger partial charge in [0.15, 0.2) is 0 Å². The van der Waals surface area contributed by atoms with Gasteiger partial charge in [0, 0.05) is 25.7 Å². The zero-order chi connectivity index (χ0) is 13.8. The van der Waals surface area contributed by atoms with Crippen LogP contribution in [0.2, 0.25) is 0 Å². The summed E-state index contributed by atoms with van der Waals surface area (Å²) in [6.07, 6.45) is 3.24. The molecule has 0 saturated carbocycles. The zero-order valence-electron chi connectivity index (χ0n) is 12.5. The third-order valence-corrected chi connectivity index (χ3v) is 4.57. The second-order valence-corrected chi connectivity index (χ2v) is 6.08. The average Bonchev–Trinajstić information content (AvgIpc) is 2.82. The van der Waals surface area contributed by atoms with Gasteiger partial charge in [-0.2, -0.15) is 0 Å². The van der Waals surface area contributed by atoms with Crippen molar-refractivity contribution in [2.75, 3.05) is 26.2 Å². The number of hydrogen-bond donors (Lipinski definition) is 1. The lowest BCUT2D eigenvalue weighted by Gasteiger charge is -2.38. The maximum absolute atomic E-state index is 12.5. The van der Waals surface area contributed by atoms with Gasteiger partial charge < -0.3 is 15.0 Å². The molecule has 0 aliphatic carbocycles. The van der Waals surface area contributed by atoms with Crippen molar-refractivity contribution in [3.63, 3.8) is 0 Å². The summed E-state index contributed by atoms with van der Waals surface area (Å²) in [6, 6.07) is 0.571. The van der Waals surface area contributed by atoms with Crippen LogP contribution < -0.4 is 5.32 Å². The first-order valence-electron chi connectivity index (χ1n) is 7.77. The highest BCUT2D eigenvalue weighted by Crippen LogP contribution is 2.25. The van der Waals surface area contributed by atoms with Gasteiger partial charge in [0.1, 0.15) is 0 Å². The third kappa shape index (κ3) is 3.48. The largest absolute Gasteiger partial charge is 0.378 e. The minimum atomic E-state index is 0.0901. The van der Waals surface area contributed by atoms with Crippen molar-refractivity contribution < 1.29 is 9.53 Å². The minimum Gasteiger partial charge on any atom is -0.378 e. The number of ether oxygens (including phenoxy) is 1. The number of rotatable bonds is 4. The summed E-state index contributed by atoms with van der Waals surface area (Å²) >= 11 is 0. The molecular weight excluding hydrogens is 240 g/mol. The molecule has 110 valence electrons. The Bertz CT molecular complexity index is 309. The van der Waals surface area contributed by atoms with Gasteiger partial charge in [-0.05, 0) is 38.6 Å². The van der Waals surface area contributed by atoms with Crippen LogP contribution >= 0.6 is 0 Å². The molecule has 1 amide bonds. The number of amides is 1. The Morgan fingerprint density at radius 2 is 2.16 bits per heavy atom. The van der Waals surface area contributed by atoms with E-state index >= 15 is 0 Å². The summed E-state index contributed by atoms with van der Waals surface area (Å²) < 4.78 is 5.52. The first-order chi connectivity index (χ1) is 9.13. The van der Waals surface area contributed by atoms with Crippen molar-refractivity contribution in [2.45, 2.75) is 52.2 Å². The van der Waals surface area contributed by atoms with Crippen molar-refractivity contribution in [3.8, 4) is 0 Å². The molecule has 4 unspecified atom stereocenters. The number of likely N-dealkylation sites (tertiary alicyclic amines) is 1. The molecule has 0 aromatic heterocycles. The lowest BCUT2D eigenvalue weighted by molar-refractivity contribution is -0.139. The highest BCUT2D eigenvalue weighted by Gasteiger charge is 2.36. The van der Waals surface area contributed by atoms with E-state index in [1.807, 2.05) is 6.92 Å². The molecule has 2 rings (SSSR count). The van der Waals surface area contributed by atoms with E-state index in [9.17, 15) is 4.79 Å². The lowest BCUT2D eigenvalue weighted by Crippen LogP contribution is -2.52. The van der Waals surface area contributed by atoms with Crippen LogP contribution in [0, 0.1) is 11.8 Å². The van der Waals surface area contributed by atoms with Gasteiger partial charge in [-0.25, -0.2) is 0 Å². The summed E-state index contributed by atoms with van der Waals surface area (Å²) in [5, 5.41) is 3.60. The predicted molar refractivity (Wildman–Crippen MR) is 76.0 cm³/mol. The highest BCUT2D eigenvalue weighted by atomic mass is 16.5. The molecule has 0 bridgehead atoms. The molecule has 0 spiro atoms. The Labute approximate surface area is 116 Å². The van der Waals surface area contributed by atoms with E-state index in [0.29, 0.717) is 17.9 Å². The number of hydrogen-bond acceptors (Lipinski definition) is 3. The van der Waals surface area contributed by atoms with E-state index in [-0.39, 0.29) is 12.0 Å². The van der Waals surface area contributed by atoms with E-state index in [1.54, 1.807) is 0 Å². The summed E-state index contributed by atoms with van der Waals surface area (Å²) in [6.45, 7) is 10.1. The number of carbonyl (C=O) groups is 1. The van der Waals surface area contributed by atoms with Gasteiger partial charge in [-0.15, -0.1) is 0 Å². The Morgan fingerprint density at radius 1 is 1.37 bits per heavy atom. The Kier molecular flexibility index (Phi) is 5.22. The average molecular weight is 268 g/mol. The highest BCUT2D eigenvalue weighted by molar-refractivity contribution is 5.79. The van der Waals surface area contributed by atoms with Crippen LogP contribution in [0.5, 0.6) is 0 Å². The van der Waals surface area contributed by atoms with Crippen LogP contribution in [0.1, 0.15) is 40.0 Å². The normalized spacial score (nSPS) is 35.6. The molecule has 2 heterocycles. The second kappa shape index (κ2) is 6.71. The molecule has 19 heavy (non-hydrogen) atoms. The molecule has 0 radical (unpaired) electrons. The van der Waals surface area contributed by atoms with Gasteiger partial charge in [0.05, 0.1) is 12.0 Å². The molecular formula is C15H28N2O2. The van der Waals surface area contributed by atoms with Gasteiger partial charge in [-0.3, -0.25) is 4.79 Å². The zero-order valence-corrected chi connectivity index (χ0v) is 12.5. The number of nitrogens with one attached hydrogen (secondary N) is 1. The van der Waals surface area contributed by atoms with Crippen LogP contribution in [0.3, 0.4) is 0 Å². The monoisotopic (exact) mass is 268 g/mol. The van der Waals surface area contributed by atoms with Crippen molar-refractivity contribution in [3.05, 3.63) is 0 Å². The van der Waals surface area contributed by atoms with E-state index in [0.717, 1.165) is 39.1 Å². The van der Waals surface area contributed by atoms with Gasteiger partial charge >= 0.3 is 0 Å². The fourth-order valence-corrected chi connectivity index (χ4v) is 3.27. The smallest absolute Gasteiger partial charge is 0.228 e. The van der Waals surface area contributed by atoms with Crippen LogP contribution in [-0.4, -0.2) is 49.2 Å². The van der Waals surface area contributed by atoms with Gasteiger partial charge in [-0.1, -0.05) is 13.8 Å². The molecule has 2 aliphatic rings. The van der Waals surface area contributed by atoms with Crippen molar-refractivity contribution >= 4 is 5.91 Å².